The second kappa shape index (κ2) is 3.35. The third-order valence-corrected chi connectivity index (χ3v) is 2.23. The number of carbonyl (C=O) groups is 1. The number of nitrogens with one attached hydrogen (secondary N) is 1. The first-order valence-electron chi connectivity index (χ1n) is 3.93. The fourth-order valence-corrected chi connectivity index (χ4v) is 1.42. The Morgan fingerprint density at radius 2 is 1.92 bits per heavy atom. The second-order valence-corrected chi connectivity index (χ2v) is 3.14. The molecule has 1 aliphatic carbocycles. The Labute approximate surface area is 69.3 Å². The van der Waals surface area contributed by atoms with Crippen molar-refractivity contribution in [1.29, 1.82) is 0 Å². The van der Waals surface area contributed by atoms with E-state index in [0.717, 1.165) is 0 Å². The van der Waals surface area contributed by atoms with Crippen molar-refractivity contribution in [3.63, 3.8) is 0 Å². The molecular weight excluding hydrogens is 166 g/mol. The number of halogens is 2. The second-order valence-electron chi connectivity index (χ2n) is 3.14. The van der Waals surface area contributed by atoms with Crippen LogP contribution in [0, 0.1) is 5.92 Å². The first-order chi connectivity index (χ1) is 5.55. The van der Waals surface area contributed by atoms with E-state index in [0.29, 0.717) is 0 Å². The Morgan fingerprint density at radius 1 is 1.42 bits per heavy atom. The molecule has 0 aliphatic heterocycles. The van der Waals surface area contributed by atoms with Gasteiger partial charge in [-0.1, -0.05) is 0 Å². The quantitative estimate of drug-likeness (QED) is 0.354. The molecule has 1 aliphatic rings. The predicted octanol–water partition coefficient (Wildman–Crippen LogP) is 0.802. The summed E-state index contributed by atoms with van der Waals surface area (Å²) in [6.07, 6.45) is 0.0578. The average molecular weight is 178 g/mol. The summed E-state index contributed by atoms with van der Waals surface area (Å²) < 4.78 is 25.2. The first kappa shape index (κ1) is 9.38. The number of alkyl halides is 2. The minimum absolute atomic E-state index is 0.203. The molecule has 1 saturated carbocycles. The van der Waals surface area contributed by atoms with E-state index < -0.39 is 5.92 Å². The number of hydrazine groups is 1. The molecule has 0 atom stereocenters. The van der Waals surface area contributed by atoms with E-state index in [1.54, 1.807) is 0 Å². The molecule has 0 aromatic heterocycles. The Morgan fingerprint density at radius 3 is 2.33 bits per heavy atom. The summed E-state index contributed by atoms with van der Waals surface area (Å²) >= 11 is 0. The number of rotatable bonds is 1. The number of amides is 1. The summed E-state index contributed by atoms with van der Waals surface area (Å²) in [6, 6.07) is 0. The SMILES string of the molecule is NNC(=O)C1CCC(F)(F)CC1. The molecule has 3 N–H and O–H groups in total. The van der Waals surface area contributed by atoms with Crippen LogP contribution in [0.4, 0.5) is 8.78 Å². The van der Waals surface area contributed by atoms with Gasteiger partial charge in [-0.3, -0.25) is 10.2 Å². The summed E-state index contributed by atoms with van der Waals surface area (Å²) in [6.45, 7) is 0. The van der Waals surface area contributed by atoms with Crippen molar-refractivity contribution in [2.24, 2.45) is 11.8 Å². The molecule has 0 spiro atoms. The lowest BCUT2D eigenvalue weighted by Crippen LogP contribution is -2.39. The van der Waals surface area contributed by atoms with Crippen LogP contribution in [0.15, 0.2) is 0 Å². The smallest absolute Gasteiger partial charge is 0.248 e. The number of hydrogen-bond acceptors (Lipinski definition) is 2. The summed E-state index contributed by atoms with van der Waals surface area (Å²) in [5.41, 5.74) is 1.98. The molecule has 70 valence electrons. The van der Waals surface area contributed by atoms with E-state index in [1.165, 1.54) is 0 Å². The van der Waals surface area contributed by atoms with Crippen molar-refractivity contribution in [3.05, 3.63) is 0 Å². The maximum atomic E-state index is 12.6. The van der Waals surface area contributed by atoms with Gasteiger partial charge in [-0.25, -0.2) is 14.6 Å². The van der Waals surface area contributed by atoms with Gasteiger partial charge in [0.15, 0.2) is 0 Å². The Balaban J connectivity index is 2.41. The highest BCUT2D eigenvalue weighted by Crippen LogP contribution is 2.35. The molecule has 0 aromatic carbocycles. The molecule has 0 radical (unpaired) electrons. The Kier molecular flexibility index (Phi) is 2.62. The highest BCUT2D eigenvalue weighted by atomic mass is 19.3. The number of carbonyl (C=O) groups excluding carboxylic acids is 1. The topological polar surface area (TPSA) is 55.1 Å². The average Bonchev–Trinajstić information content (AvgIpc) is 2.03. The fourth-order valence-electron chi connectivity index (χ4n) is 1.42. The molecule has 1 fully saturated rings. The van der Waals surface area contributed by atoms with E-state index in [2.05, 4.69) is 0 Å². The third kappa shape index (κ3) is 2.14. The summed E-state index contributed by atoms with van der Waals surface area (Å²) in [5.74, 6) is 1.65. The molecule has 0 unspecified atom stereocenters. The van der Waals surface area contributed by atoms with Crippen LogP contribution in [0.2, 0.25) is 0 Å². The van der Waals surface area contributed by atoms with E-state index in [9.17, 15) is 13.6 Å². The number of hydrogen-bond donors (Lipinski definition) is 2. The van der Waals surface area contributed by atoms with E-state index in [1.807, 2.05) is 5.43 Å². The highest BCUT2D eigenvalue weighted by Gasteiger charge is 2.37. The van der Waals surface area contributed by atoms with E-state index >= 15 is 0 Å². The van der Waals surface area contributed by atoms with Crippen LogP contribution in [0.1, 0.15) is 25.7 Å². The zero-order valence-corrected chi connectivity index (χ0v) is 6.65. The van der Waals surface area contributed by atoms with Crippen molar-refractivity contribution < 1.29 is 13.6 Å². The molecule has 1 rings (SSSR count). The molecule has 5 heteroatoms. The van der Waals surface area contributed by atoms with Crippen molar-refractivity contribution in [3.8, 4) is 0 Å². The van der Waals surface area contributed by atoms with Crippen LogP contribution < -0.4 is 11.3 Å². The van der Waals surface area contributed by atoms with Gasteiger partial charge in [0.05, 0.1) is 0 Å². The molecule has 3 nitrogen and oxygen atoms in total. The van der Waals surface area contributed by atoms with Gasteiger partial charge in [-0.2, -0.15) is 0 Å². The summed E-state index contributed by atoms with van der Waals surface area (Å²) in [5, 5.41) is 0. The van der Waals surface area contributed by atoms with Crippen molar-refractivity contribution in [1.82, 2.24) is 5.43 Å². The predicted molar refractivity (Wildman–Crippen MR) is 39.2 cm³/mol. The van der Waals surface area contributed by atoms with Crippen LogP contribution in [0.25, 0.3) is 0 Å². The van der Waals surface area contributed by atoms with Crippen molar-refractivity contribution >= 4 is 5.91 Å². The molecular formula is C7H12F2N2O. The third-order valence-electron chi connectivity index (χ3n) is 2.23. The number of nitrogens with two attached hydrogens (primary N) is 1. The molecule has 0 bridgehead atoms. The Hall–Kier alpha value is -0.710. The molecule has 0 heterocycles. The van der Waals surface area contributed by atoms with Gasteiger partial charge < -0.3 is 0 Å². The maximum absolute atomic E-state index is 12.6. The fraction of sp³-hybridized carbons (Fsp3) is 0.857. The van der Waals surface area contributed by atoms with Crippen LogP contribution >= 0.6 is 0 Å². The van der Waals surface area contributed by atoms with Crippen LogP contribution in [0.5, 0.6) is 0 Å². The van der Waals surface area contributed by atoms with Crippen LogP contribution in [0.3, 0.4) is 0 Å². The highest BCUT2D eigenvalue weighted by molar-refractivity contribution is 5.78. The van der Waals surface area contributed by atoms with Crippen molar-refractivity contribution in [2.45, 2.75) is 31.6 Å². The van der Waals surface area contributed by atoms with Gasteiger partial charge in [0.1, 0.15) is 0 Å². The monoisotopic (exact) mass is 178 g/mol. The lowest BCUT2D eigenvalue weighted by Gasteiger charge is -2.26. The largest absolute Gasteiger partial charge is 0.294 e. The molecule has 0 saturated heterocycles. The Bertz CT molecular complexity index is 174. The lowest BCUT2D eigenvalue weighted by molar-refractivity contribution is -0.129. The zero-order chi connectivity index (χ0) is 9.19. The standard InChI is InChI=1S/C7H12F2N2O/c8-7(9)3-1-5(2-4-7)6(12)11-10/h5H,1-4,10H2,(H,11,12). The van der Waals surface area contributed by atoms with Crippen LogP contribution in [-0.4, -0.2) is 11.8 Å². The normalized spacial score (nSPS) is 23.6. The molecule has 12 heavy (non-hydrogen) atoms. The van der Waals surface area contributed by atoms with Gasteiger partial charge in [0.2, 0.25) is 11.8 Å². The summed E-state index contributed by atoms with van der Waals surface area (Å²) in [4.78, 5) is 10.9. The minimum atomic E-state index is -2.58. The molecule has 0 aromatic rings. The van der Waals surface area contributed by atoms with Gasteiger partial charge in [-0.05, 0) is 12.8 Å². The first-order valence-corrected chi connectivity index (χ1v) is 3.93. The van der Waals surface area contributed by atoms with Gasteiger partial charge >= 0.3 is 0 Å². The lowest BCUT2D eigenvalue weighted by atomic mass is 9.86. The summed E-state index contributed by atoms with van der Waals surface area (Å²) in [7, 11) is 0. The van der Waals surface area contributed by atoms with Gasteiger partial charge in [0, 0.05) is 18.8 Å². The van der Waals surface area contributed by atoms with E-state index in [4.69, 9.17) is 5.84 Å². The van der Waals surface area contributed by atoms with Crippen LogP contribution in [-0.2, 0) is 4.79 Å². The van der Waals surface area contributed by atoms with Gasteiger partial charge in [-0.15, -0.1) is 0 Å². The minimum Gasteiger partial charge on any atom is -0.294 e. The van der Waals surface area contributed by atoms with E-state index in [-0.39, 0.29) is 37.5 Å². The van der Waals surface area contributed by atoms with Crippen molar-refractivity contribution in [2.75, 3.05) is 0 Å². The maximum Gasteiger partial charge on any atom is 0.248 e. The molecule has 1 amide bonds. The van der Waals surface area contributed by atoms with Gasteiger partial charge in [0.25, 0.3) is 0 Å². The zero-order valence-electron chi connectivity index (χ0n) is 6.65.